The molecule has 152 valence electrons. The number of carbonyl (C=O) groups is 1. The normalized spacial score (nSPS) is 12.8. The van der Waals surface area contributed by atoms with Crippen LogP contribution >= 0.6 is 0 Å². The van der Waals surface area contributed by atoms with Crippen LogP contribution in [0.4, 0.5) is 5.69 Å². The highest BCUT2D eigenvalue weighted by atomic mass is 16.6. The molecule has 1 N–H and O–H groups in total. The van der Waals surface area contributed by atoms with Crippen molar-refractivity contribution in [2.24, 2.45) is 5.41 Å². The maximum absolute atomic E-state index is 13.0. The van der Waals surface area contributed by atoms with Crippen molar-refractivity contribution in [2.75, 3.05) is 19.5 Å². The summed E-state index contributed by atoms with van der Waals surface area (Å²) in [6, 6.07) is 15.0. The number of nitrogens with one attached hydrogen (secondary N) is 1. The van der Waals surface area contributed by atoms with Gasteiger partial charge in [0, 0.05) is 0 Å². The molecule has 0 aliphatic rings. The number of anilines is 1. The number of methoxy groups -OCH3 is 2. The molecule has 0 aliphatic carbocycles. The van der Waals surface area contributed by atoms with Gasteiger partial charge in [0.05, 0.1) is 31.4 Å². The zero-order chi connectivity index (χ0) is 20.9. The Morgan fingerprint density at radius 3 is 2.04 bits per heavy atom. The lowest BCUT2D eigenvalue weighted by atomic mass is 9.80. The molecule has 2 aromatic carbocycles. The Labute approximate surface area is 168 Å². The molecular formula is C23H31NO4. The van der Waals surface area contributed by atoms with E-state index in [9.17, 15) is 4.79 Å². The first-order chi connectivity index (χ1) is 13.1. The van der Waals surface area contributed by atoms with Crippen molar-refractivity contribution < 1.29 is 19.0 Å². The van der Waals surface area contributed by atoms with Gasteiger partial charge >= 0.3 is 5.97 Å². The quantitative estimate of drug-likeness (QED) is 0.662. The molecule has 2 rings (SSSR count). The van der Waals surface area contributed by atoms with Crippen LogP contribution < -0.4 is 14.8 Å². The van der Waals surface area contributed by atoms with Crippen LogP contribution in [0.15, 0.2) is 48.5 Å². The molecule has 28 heavy (non-hydrogen) atoms. The summed E-state index contributed by atoms with van der Waals surface area (Å²) in [4.78, 5) is 13.0. The van der Waals surface area contributed by atoms with Crippen LogP contribution in [-0.4, -0.2) is 25.8 Å². The molecule has 0 radical (unpaired) electrons. The van der Waals surface area contributed by atoms with E-state index < -0.39 is 11.0 Å². The minimum absolute atomic E-state index is 0.275. The summed E-state index contributed by atoms with van der Waals surface area (Å²) in [5.74, 6) is 1.19. The number of para-hydroxylation sites is 2. The molecule has 0 bridgehead atoms. The lowest BCUT2D eigenvalue weighted by Gasteiger charge is -2.36. The number of esters is 1. The van der Waals surface area contributed by atoms with Crippen LogP contribution in [0.2, 0.25) is 0 Å². The van der Waals surface area contributed by atoms with Gasteiger partial charge in [-0.15, -0.1) is 0 Å². The predicted octanol–water partition coefficient (Wildman–Crippen LogP) is 5.22. The van der Waals surface area contributed by atoms with Crippen molar-refractivity contribution in [1.29, 1.82) is 0 Å². The maximum Gasteiger partial charge on any atom is 0.314 e. The molecule has 0 heterocycles. The first-order valence-corrected chi connectivity index (χ1v) is 9.35. The number of benzene rings is 2. The minimum Gasteiger partial charge on any atom is -0.497 e. The minimum atomic E-state index is -0.845. The van der Waals surface area contributed by atoms with Crippen LogP contribution in [0, 0.1) is 5.41 Å². The summed E-state index contributed by atoms with van der Waals surface area (Å²) < 4.78 is 16.5. The van der Waals surface area contributed by atoms with Crippen molar-refractivity contribution in [3.05, 3.63) is 54.1 Å². The van der Waals surface area contributed by atoms with E-state index in [2.05, 4.69) is 5.32 Å². The van der Waals surface area contributed by atoms with Crippen molar-refractivity contribution in [2.45, 2.75) is 46.3 Å². The summed E-state index contributed by atoms with van der Waals surface area (Å²) in [5.41, 5.74) is 0.344. The summed E-state index contributed by atoms with van der Waals surface area (Å²) >= 11 is 0. The SMILES string of the molecule is COc1ccc(C(Nc2ccccc2OC)C(C)(C)C(=O)OC(C)(C)C)cc1. The van der Waals surface area contributed by atoms with Crippen LogP contribution in [0.1, 0.15) is 46.2 Å². The van der Waals surface area contributed by atoms with Gasteiger partial charge in [-0.25, -0.2) is 0 Å². The largest absolute Gasteiger partial charge is 0.497 e. The van der Waals surface area contributed by atoms with E-state index >= 15 is 0 Å². The van der Waals surface area contributed by atoms with Crippen molar-refractivity contribution in [3.8, 4) is 11.5 Å². The highest BCUT2D eigenvalue weighted by Gasteiger charge is 2.41. The Morgan fingerprint density at radius 1 is 0.893 bits per heavy atom. The van der Waals surface area contributed by atoms with E-state index in [0.29, 0.717) is 5.75 Å². The van der Waals surface area contributed by atoms with Gasteiger partial charge in [-0.1, -0.05) is 24.3 Å². The van der Waals surface area contributed by atoms with Gasteiger partial charge in [-0.2, -0.15) is 0 Å². The fourth-order valence-electron chi connectivity index (χ4n) is 2.92. The number of hydrogen-bond acceptors (Lipinski definition) is 5. The zero-order valence-corrected chi connectivity index (χ0v) is 17.8. The van der Waals surface area contributed by atoms with Crippen molar-refractivity contribution >= 4 is 11.7 Å². The van der Waals surface area contributed by atoms with Crippen LogP contribution in [-0.2, 0) is 9.53 Å². The Bertz CT molecular complexity index is 791. The zero-order valence-electron chi connectivity index (χ0n) is 17.8. The molecule has 0 saturated heterocycles. The van der Waals surface area contributed by atoms with Crippen molar-refractivity contribution in [1.82, 2.24) is 0 Å². The van der Waals surface area contributed by atoms with E-state index in [-0.39, 0.29) is 12.0 Å². The van der Waals surface area contributed by atoms with Gasteiger partial charge in [0.25, 0.3) is 0 Å². The average Bonchev–Trinajstić information content (AvgIpc) is 2.65. The first kappa shape index (κ1) is 21.6. The molecule has 0 aromatic heterocycles. The maximum atomic E-state index is 13.0. The Kier molecular flexibility index (Phi) is 6.60. The second kappa shape index (κ2) is 8.55. The van der Waals surface area contributed by atoms with Gasteiger partial charge < -0.3 is 19.5 Å². The Balaban J connectivity index is 2.46. The fourth-order valence-corrected chi connectivity index (χ4v) is 2.92. The van der Waals surface area contributed by atoms with E-state index in [4.69, 9.17) is 14.2 Å². The summed E-state index contributed by atoms with van der Waals surface area (Å²) in [5, 5.41) is 3.49. The summed E-state index contributed by atoms with van der Waals surface area (Å²) in [6.07, 6.45) is 0. The molecule has 5 nitrogen and oxygen atoms in total. The lowest BCUT2D eigenvalue weighted by Crippen LogP contribution is -2.40. The molecule has 2 aromatic rings. The summed E-state index contributed by atoms with van der Waals surface area (Å²) in [7, 11) is 3.26. The van der Waals surface area contributed by atoms with Crippen LogP contribution in [0.3, 0.4) is 0 Å². The fraction of sp³-hybridized carbons (Fsp3) is 0.435. The van der Waals surface area contributed by atoms with Gasteiger partial charge in [0.15, 0.2) is 0 Å². The van der Waals surface area contributed by atoms with Gasteiger partial charge in [0.2, 0.25) is 0 Å². The molecular weight excluding hydrogens is 354 g/mol. The smallest absolute Gasteiger partial charge is 0.314 e. The lowest BCUT2D eigenvalue weighted by molar-refractivity contribution is -0.166. The standard InChI is InChI=1S/C23H31NO4/c1-22(2,3)28-21(25)23(4,5)20(16-12-14-17(26-6)15-13-16)24-18-10-8-9-11-19(18)27-7/h8-15,20,24H,1-7H3. The molecule has 0 amide bonds. The van der Waals surface area contributed by atoms with E-state index in [1.54, 1.807) is 14.2 Å². The Morgan fingerprint density at radius 2 is 1.50 bits per heavy atom. The predicted molar refractivity (Wildman–Crippen MR) is 112 cm³/mol. The van der Waals surface area contributed by atoms with Crippen LogP contribution in [0.5, 0.6) is 11.5 Å². The molecule has 1 atom stereocenters. The number of ether oxygens (including phenoxy) is 3. The topological polar surface area (TPSA) is 56.8 Å². The summed E-state index contributed by atoms with van der Waals surface area (Å²) in [6.45, 7) is 9.39. The van der Waals surface area contributed by atoms with E-state index in [0.717, 1.165) is 17.0 Å². The van der Waals surface area contributed by atoms with E-state index in [1.165, 1.54) is 0 Å². The monoisotopic (exact) mass is 385 g/mol. The molecule has 5 heteroatoms. The van der Waals surface area contributed by atoms with Crippen molar-refractivity contribution in [3.63, 3.8) is 0 Å². The highest BCUT2D eigenvalue weighted by Crippen LogP contribution is 2.40. The first-order valence-electron chi connectivity index (χ1n) is 9.35. The van der Waals surface area contributed by atoms with Gasteiger partial charge in [-0.05, 0) is 64.4 Å². The third-order valence-corrected chi connectivity index (χ3v) is 4.50. The number of carbonyl (C=O) groups excluding carboxylic acids is 1. The molecule has 0 aliphatic heterocycles. The number of rotatable bonds is 7. The molecule has 0 saturated carbocycles. The van der Waals surface area contributed by atoms with Gasteiger partial charge in [-0.3, -0.25) is 4.79 Å². The number of hydrogen-bond donors (Lipinski definition) is 1. The van der Waals surface area contributed by atoms with Gasteiger partial charge in [0.1, 0.15) is 17.1 Å². The Hall–Kier alpha value is -2.69. The molecule has 0 spiro atoms. The second-order valence-electron chi connectivity index (χ2n) is 8.27. The van der Waals surface area contributed by atoms with E-state index in [1.807, 2.05) is 83.1 Å². The molecule has 0 fully saturated rings. The highest BCUT2D eigenvalue weighted by molar-refractivity contribution is 5.78. The second-order valence-corrected chi connectivity index (χ2v) is 8.27. The average molecular weight is 386 g/mol. The molecule has 1 unspecified atom stereocenters. The third-order valence-electron chi connectivity index (χ3n) is 4.50. The third kappa shape index (κ3) is 5.18. The van der Waals surface area contributed by atoms with Crippen LogP contribution in [0.25, 0.3) is 0 Å².